The Labute approximate surface area is 110 Å². The van der Waals surface area contributed by atoms with Crippen molar-refractivity contribution in [3.05, 3.63) is 35.4 Å². The smallest absolute Gasteiger partial charge is 0.338 e. The molecule has 0 fully saturated rings. The lowest BCUT2D eigenvalue weighted by Gasteiger charge is -2.28. The van der Waals surface area contributed by atoms with E-state index in [0.717, 1.165) is 0 Å². The Bertz CT molecular complexity index is 493. The zero-order valence-electron chi connectivity index (χ0n) is 10.1. The van der Waals surface area contributed by atoms with E-state index in [4.69, 9.17) is 21.4 Å². The molecule has 2 N–H and O–H groups in total. The number of nitrogens with one attached hydrogen (secondary N) is 2. The molecule has 0 amide bonds. The number of ether oxygens (including phenoxy) is 1. The number of esters is 1. The fraction of sp³-hybridized carbons (Fsp3) is 0.333. The molecule has 1 aliphatic heterocycles. The van der Waals surface area contributed by atoms with Crippen molar-refractivity contribution in [3.8, 4) is 0 Å². The molecular formula is C12H14N2O3S. The summed E-state index contributed by atoms with van der Waals surface area (Å²) in [4.78, 5) is 12.0. The van der Waals surface area contributed by atoms with Crippen LogP contribution < -0.4 is 10.6 Å². The zero-order chi connectivity index (χ0) is 13.1. The Hall–Kier alpha value is -1.82. The summed E-state index contributed by atoms with van der Waals surface area (Å²) in [6.45, 7) is 3.88. The van der Waals surface area contributed by atoms with Gasteiger partial charge < -0.3 is 19.8 Å². The van der Waals surface area contributed by atoms with Crippen LogP contribution >= 0.6 is 12.2 Å². The van der Waals surface area contributed by atoms with Crippen molar-refractivity contribution in [2.75, 3.05) is 6.61 Å². The average molecular weight is 266 g/mol. The van der Waals surface area contributed by atoms with E-state index in [9.17, 15) is 4.79 Å². The van der Waals surface area contributed by atoms with Crippen molar-refractivity contribution in [2.45, 2.75) is 19.9 Å². The van der Waals surface area contributed by atoms with Crippen LogP contribution in [0.25, 0.3) is 0 Å². The number of furan rings is 1. The van der Waals surface area contributed by atoms with Crippen LogP contribution in [0.2, 0.25) is 0 Å². The molecule has 96 valence electrons. The fourth-order valence-corrected chi connectivity index (χ4v) is 2.11. The summed E-state index contributed by atoms with van der Waals surface area (Å²) < 4.78 is 10.4. The molecule has 2 rings (SSSR count). The first-order chi connectivity index (χ1) is 8.63. The van der Waals surface area contributed by atoms with Crippen molar-refractivity contribution in [3.63, 3.8) is 0 Å². The molecule has 1 aliphatic rings. The van der Waals surface area contributed by atoms with Crippen LogP contribution in [0.3, 0.4) is 0 Å². The molecule has 0 saturated carbocycles. The molecule has 5 nitrogen and oxygen atoms in total. The van der Waals surface area contributed by atoms with Crippen LogP contribution in [-0.2, 0) is 9.53 Å². The molecule has 0 radical (unpaired) electrons. The van der Waals surface area contributed by atoms with Gasteiger partial charge in [-0.15, -0.1) is 0 Å². The standard InChI is InChI=1S/C12H14N2O3S/c1-3-16-11(15)9-7(2)13-12(18)14-10(9)8-5-4-6-17-8/h4-6,10H,3H2,1-2H3,(H2,13,14,18)/t10-/m0/s1. The van der Waals surface area contributed by atoms with Crippen molar-refractivity contribution in [2.24, 2.45) is 0 Å². The van der Waals surface area contributed by atoms with Gasteiger partial charge in [-0.3, -0.25) is 0 Å². The second kappa shape index (κ2) is 5.22. The Kier molecular flexibility index (Phi) is 3.66. The van der Waals surface area contributed by atoms with Gasteiger partial charge in [-0.05, 0) is 38.2 Å². The molecule has 18 heavy (non-hydrogen) atoms. The monoisotopic (exact) mass is 266 g/mol. The highest BCUT2D eigenvalue weighted by molar-refractivity contribution is 7.80. The molecule has 0 aliphatic carbocycles. The number of thiocarbonyl (C=S) groups is 1. The molecule has 1 aromatic rings. The summed E-state index contributed by atoms with van der Waals surface area (Å²) in [7, 11) is 0. The summed E-state index contributed by atoms with van der Waals surface area (Å²) >= 11 is 5.09. The third-order valence-corrected chi connectivity index (χ3v) is 2.81. The molecule has 1 aromatic heterocycles. The Morgan fingerprint density at radius 3 is 3.00 bits per heavy atom. The molecule has 6 heteroatoms. The van der Waals surface area contributed by atoms with Gasteiger partial charge in [0.15, 0.2) is 5.11 Å². The molecule has 0 aromatic carbocycles. The first-order valence-electron chi connectivity index (χ1n) is 5.62. The van der Waals surface area contributed by atoms with E-state index in [-0.39, 0.29) is 5.97 Å². The lowest BCUT2D eigenvalue weighted by atomic mass is 10.0. The third-order valence-electron chi connectivity index (χ3n) is 2.59. The first-order valence-corrected chi connectivity index (χ1v) is 6.03. The topological polar surface area (TPSA) is 63.5 Å². The second-order valence-corrected chi connectivity index (χ2v) is 4.21. The van der Waals surface area contributed by atoms with Gasteiger partial charge in [0.1, 0.15) is 11.8 Å². The maximum absolute atomic E-state index is 12.0. The second-order valence-electron chi connectivity index (χ2n) is 3.81. The van der Waals surface area contributed by atoms with Gasteiger partial charge in [0.05, 0.1) is 18.4 Å². The van der Waals surface area contributed by atoms with Crippen LogP contribution in [0, 0.1) is 0 Å². The minimum atomic E-state index is -0.409. The number of carbonyl (C=O) groups excluding carboxylic acids is 1. The summed E-state index contributed by atoms with van der Waals surface area (Å²) in [5.41, 5.74) is 1.17. The van der Waals surface area contributed by atoms with Crippen LogP contribution in [0.5, 0.6) is 0 Å². The van der Waals surface area contributed by atoms with E-state index in [1.54, 1.807) is 32.2 Å². The van der Waals surface area contributed by atoms with E-state index >= 15 is 0 Å². The highest BCUT2D eigenvalue weighted by Gasteiger charge is 2.32. The van der Waals surface area contributed by atoms with Crippen LogP contribution in [-0.4, -0.2) is 17.7 Å². The van der Waals surface area contributed by atoms with Crippen molar-refractivity contribution in [1.82, 2.24) is 10.6 Å². The van der Waals surface area contributed by atoms with Gasteiger partial charge in [-0.25, -0.2) is 4.79 Å². The first kappa shape index (κ1) is 12.6. The van der Waals surface area contributed by atoms with Gasteiger partial charge in [0.25, 0.3) is 0 Å². The lowest BCUT2D eigenvalue weighted by Crippen LogP contribution is -2.45. The average Bonchev–Trinajstić information content (AvgIpc) is 2.81. The third kappa shape index (κ3) is 2.38. The minimum absolute atomic E-state index is 0.324. The van der Waals surface area contributed by atoms with E-state index in [2.05, 4.69) is 10.6 Å². The summed E-state index contributed by atoms with van der Waals surface area (Å²) in [6.07, 6.45) is 1.56. The molecule has 0 spiro atoms. The Morgan fingerprint density at radius 1 is 1.61 bits per heavy atom. The number of hydrogen-bond donors (Lipinski definition) is 2. The van der Waals surface area contributed by atoms with Crippen LogP contribution in [0.15, 0.2) is 34.1 Å². The molecule has 2 heterocycles. The van der Waals surface area contributed by atoms with Gasteiger partial charge in [-0.1, -0.05) is 0 Å². The van der Waals surface area contributed by atoms with E-state index in [1.165, 1.54) is 0 Å². The molecule has 0 bridgehead atoms. The highest BCUT2D eigenvalue weighted by Crippen LogP contribution is 2.27. The number of rotatable bonds is 3. The number of carbonyl (C=O) groups is 1. The minimum Gasteiger partial charge on any atom is -0.467 e. The molecule has 0 unspecified atom stereocenters. The Balaban J connectivity index is 2.38. The van der Waals surface area contributed by atoms with Gasteiger partial charge in [-0.2, -0.15) is 0 Å². The molecule has 0 saturated heterocycles. The largest absolute Gasteiger partial charge is 0.467 e. The summed E-state index contributed by atoms with van der Waals surface area (Å²) in [5.74, 6) is 0.250. The number of hydrogen-bond acceptors (Lipinski definition) is 4. The van der Waals surface area contributed by atoms with E-state index < -0.39 is 6.04 Å². The zero-order valence-corrected chi connectivity index (χ0v) is 11.0. The van der Waals surface area contributed by atoms with E-state index in [0.29, 0.717) is 28.7 Å². The predicted molar refractivity (Wildman–Crippen MR) is 69.7 cm³/mol. The van der Waals surface area contributed by atoms with Crippen molar-refractivity contribution >= 4 is 23.3 Å². The quantitative estimate of drug-likeness (QED) is 0.640. The van der Waals surface area contributed by atoms with Crippen molar-refractivity contribution in [1.29, 1.82) is 0 Å². The fourth-order valence-electron chi connectivity index (χ4n) is 1.84. The number of allylic oxidation sites excluding steroid dienone is 1. The lowest BCUT2D eigenvalue weighted by molar-refractivity contribution is -0.139. The van der Waals surface area contributed by atoms with Crippen LogP contribution in [0.1, 0.15) is 25.6 Å². The van der Waals surface area contributed by atoms with Crippen LogP contribution in [0.4, 0.5) is 0 Å². The van der Waals surface area contributed by atoms with E-state index in [1.807, 2.05) is 0 Å². The van der Waals surface area contributed by atoms with Gasteiger partial charge in [0, 0.05) is 5.70 Å². The maximum Gasteiger partial charge on any atom is 0.338 e. The maximum atomic E-state index is 12.0. The van der Waals surface area contributed by atoms with Gasteiger partial charge in [0.2, 0.25) is 0 Å². The predicted octanol–water partition coefficient (Wildman–Crippen LogP) is 1.64. The normalized spacial score (nSPS) is 19.2. The molecular weight excluding hydrogens is 252 g/mol. The SMILES string of the molecule is CCOC(=O)C1=C(C)NC(=S)N[C@H]1c1ccco1. The Morgan fingerprint density at radius 2 is 2.39 bits per heavy atom. The van der Waals surface area contributed by atoms with Crippen molar-refractivity contribution < 1.29 is 13.9 Å². The summed E-state index contributed by atoms with van der Waals surface area (Å²) in [5, 5.41) is 6.38. The molecule has 1 atom stereocenters. The summed E-state index contributed by atoms with van der Waals surface area (Å²) in [6, 6.07) is 3.14. The van der Waals surface area contributed by atoms with Gasteiger partial charge >= 0.3 is 5.97 Å². The highest BCUT2D eigenvalue weighted by atomic mass is 32.1.